The first-order chi connectivity index (χ1) is 18.6. The number of nitrogens with zero attached hydrogens (tertiary/aromatic N) is 3. The predicted molar refractivity (Wildman–Crippen MR) is 152 cm³/mol. The van der Waals surface area contributed by atoms with Gasteiger partial charge in [0.1, 0.15) is 22.9 Å². The van der Waals surface area contributed by atoms with Crippen molar-refractivity contribution in [3.05, 3.63) is 76.3 Å². The topological polar surface area (TPSA) is 56.6 Å². The smallest absolute Gasteiger partial charge is 0.275 e. The van der Waals surface area contributed by atoms with Gasteiger partial charge in [-0.1, -0.05) is 23.7 Å². The lowest BCUT2D eigenvalue weighted by Crippen LogP contribution is -2.48. The van der Waals surface area contributed by atoms with E-state index in [4.69, 9.17) is 21.1 Å². The van der Waals surface area contributed by atoms with E-state index in [0.29, 0.717) is 33.2 Å². The van der Waals surface area contributed by atoms with E-state index >= 15 is 0 Å². The highest BCUT2D eigenvalue weighted by Gasteiger charge is 2.42. The Morgan fingerprint density at radius 3 is 2.50 bits per heavy atom. The molecule has 8 heteroatoms. The van der Waals surface area contributed by atoms with Gasteiger partial charge in [-0.25, -0.2) is 4.98 Å². The van der Waals surface area contributed by atoms with Crippen molar-refractivity contribution in [3.8, 4) is 21.9 Å². The quantitative estimate of drug-likeness (QED) is 0.288. The molecule has 3 fully saturated rings. The number of thiophene rings is 1. The summed E-state index contributed by atoms with van der Waals surface area (Å²) in [5, 5.41) is 0.690. The summed E-state index contributed by atoms with van der Waals surface area (Å²) < 4.78 is 14.3. The monoisotopic (exact) mass is 547 g/mol. The Balaban J connectivity index is 1.05. The van der Waals surface area contributed by atoms with Gasteiger partial charge >= 0.3 is 0 Å². The first kappa shape index (κ1) is 24.3. The molecule has 2 aromatic carbocycles. The van der Waals surface area contributed by atoms with Gasteiger partial charge < -0.3 is 9.47 Å². The molecule has 7 rings (SSSR count). The minimum atomic E-state index is -0.0644. The summed E-state index contributed by atoms with van der Waals surface area (Å²) in [6.07, 6.45) is 7.77. The molecule has 1 unspecified atom stereocenters. The lowest BCUT2D eigenvalue weighted by molar-refractivity contribution is 0.0381. The zero-order chi connectivity index (χ0) is 25.6. The molecular weight excluding hydrogens is 518 g/mol. The molecule has 4 aromatic rings. The van der Waals surface area contributed by atoms with Crippen LogP contribution in [0.25, 0.3) is 26.3 Å². The number of benzene rings is 2. The number of hydrogen-bond donors (Lipinski definition) is 0. The molecule has 0 N–H and O–H groups in total. The number of rotatable bonds is 6. The van der Waals surface area contributed by atoms with Crippen molar-refractivity contribution >= 4 is 33.2 Å². The van der Waals surface area contributed by atoms with Gasteiger partial charge in [0.15, 0.2) is 0 Å². The van der Waals surface area contributed by atoms with Crippen molar-refractivity contribution in [2.24, 2.45) is 5.92 Å². The van der Waals surface area contributed by atoms with Gasteiger partial charge in [-0.05, 0) is 86.1 Å². The Kier molecular flexibility index (Phi) is 6.48. The number of piperidine rings is 1. The van der Waals surface area contributed by atoms with E-state index in [0.717, 1.165) is 47.9 Å². The molecule has 196 valence electrons. The van der Waals surface area contributed by atoms with E-state index < -0.39 is 0 Å². The predicted octanol–water partition coefficient (Wildman–Crippen LogP) is 6.18. The Bertz CT molecular complexity index is 1480. The van der Waals surface area contributed by atoms with Crippen LogP contribution in [0.3, 0.4) is 0 Å². The molecule has 0 saturated carbocycles. The maximum Gasteiger partial charge on any atom is 0.275 e. The van der Waals surface area contributed by atoms with Crippen molar-refractivity contribution in [1.82, 2.24) is 14.5 Å². The minimum Gasteiger partial charge on any atom is -0.490 e. The highest BCUT2D eigenvalue weighted by molar-refractivity contribution is 7.22. The van der Waals surface area contributed by atoms with Gasteiger partial charge in [0.05, 0.1) is 17.8 Å². The molecular formula is C30H30ClN3O3S. The van der Waals surface area contributed by atoms with E-state index in [1.165, 1.54) is 37.1 Å². The number of halogens is 1. The third kappa shape index (κ3) is 4.66. The fourth-order valence-electron chi connectivity index (χ4n) is 6.37. The highest BCUT2D eigenvalue weighted by Crippen LogP contribution is 2.38. The van der Waals surface area contributed by atoms with Crippen LogP contribution in [-0.4, -0.2) is 52.4 Å². The second-order valence-electron chi connectivity index (χ2n) is 10.8. The van der Waals surface area contributed by atoms with Crippen LogP contribution >= 0.6 is 22.9 Å². The van der Waals surface area contributed by atoms with Crippen molar-refractivity contribution in [1.29, 1.82) is 0 Å². The molecule has 5 heterocycles. The van der Waals surface area contributed by atoms with Crippen molar-refractivity contribution in [3.63, 3.8) is 0 Å². The lowest BCUT2D eigenvalue weighted by atomic mass is 9.97. The second kappa shape index (κ2) is 10.1. The molecule has 3 saturated heterocycles. The van der Waals surface area contributed by atoms with Gasteiger partial charge in [0, 0.05) is 35.1 Å². The molecule has 0 amide bonds. The van der Waals surface area contributed by atoms with E-state index in [1.54, 1.807) is 10.9 Å². The largest absolute Gasteiger partial charge is 0.490 e. The molecule has 38 heavy (non-hydrogen) atoms. The third-order valence-electron chi connectivity index (χ3n) is 8.32. The molecule has 6 nitrogen and oxygen atoms in total. The number of ether oxygens (including phenoxy) is 2. The van der Waals surface area contributed by atoms with Gasteiger partial charge in [-0.3, -0.25) is 14.3 Å². The lowest BCUT2D eigenvalue weighted by Gasteiger charge is -2.40. The minimum absolute atomic E-state index is 0.0644. The van der Waals surface area contributed by atoms with Crippen molar-refractivity contribution in [2.75, 3.05) is 19.8 Å². The number of fused-ring (bicyclic) bond motifs is 3. The third-order valence-corrected chi connectivity index (χ3v) is 9.73. The van der Waals surface area contributed by atoms with E-state index in [9.17, 15) is 4.79 Å². The Morgan fingerprint density at radius 1 is 1.03 bits per heavy atom. The normalized spacial score (nSPS) is 25.3. The van der Waals surface area contributed by atoms with Crippen LogP contribution in [0, 0.1) is 5.92 Å². The molecule has 3 aliphatic rings. The average Bonchev–Trinajstić information content (AvgIpc) is 3.65. The summed E-state index contributed by atoms with van der Waals surface area (Å²) in [4.78, 5) is 21.6. The Morgan fingerprint density at radius 2 is 1.79 bits per heavy atom. The molecule has 0 spiro atoms. The Hall–Kier alpha value is -2.71. The standard InChI is InChI=1S/C30H30ClN3O3S/c31-21-3-1-20(2-4-21)28-15-27-29(38-28)30(35)34(18-32-27)22-7-9-25(10-8-22)37-26-13-23-5-6-24(14-26)33(23)16-19-11-12-36-17-19/h1-4,7-10,15,18-19,23-24,26H,5-6,11-14,16-17H2/t19?,23-,24+,26+. The Labute approximate surface area is 230 Å². The maximum atomic E-state index is 13.3. The van der Waals surface area contributed by atoms with Crippen LogP contribution in [-0.2, 0) is 4.74 Å². The van der Waals surface area contributed by atoms with E-state index in [2.05, 4.69) is 9.88 Å². The van der Waals surface area contributed by atoms with Crippen LogP contribution < -0.4 is 10.3 Å². The van der Waals surface area contributed by atoms with Crippen molar-refractivity contribution < 1.29 is 9.47 Å². The second-order valence-corrected chi connectivity index (χ2v) is 12.3. The van der Waals surface area contributed by atoms with Gasteiger partial charge in [-0.15, -0.1) is 11.3 Å². The molecule has 4 atom stereocenters. The first-order valence-electron chi connectivity index (χ1n) is 13.5. The summed E-state index contributed by atoms with van der Waals surface area (Å²) in [6, 6.07) is 18.7. The van der Waals surface area contributed by atoms with E-state index in [1.807, 2.05) is 54.6 Å². The molecule has 2 aromatic heterocycles. The summed E-state index contributed by atoms with van der Waals surface area (Å²) in [5.41, 5.74) is 2.46. The first-order valence-corrected chi connectivity index (χ1v) is 14.7. The van der Waals surface area contributed by atoms with Crippen molar-refractivity contribution in [2.45, 2.75) is 50.3 Å². The van der Waals surface area contributed by atoms with Crippen LogP contribution in [0.5, 0.6) is 5.75 Å². The van der Waals surface area contributed by atoms with E-state index in [-0.39, 0.29) is 11.7 Å². The summed E-state index contributed by atoms with van der Waals surface area (Å²) in [6.45, 7) is 3.02. The zero-order valence-electron chi connectivity index (χ0n) is 21.1. The average molecular weight is 548 g/mol. The van der Waals surface area contributed by atoms with Crippen LogP contribution in [0.1, 0.15) is 32.1 Å². The number of hydrogen-bond acceptors (Lipinski definition) is 6. The van der Waals surface area contributed by atoms with Crippen LogP contribution in [0.4, 0.5) is 0 Å². The fraction of sp³-hybridized carbons (Fsp3) is 0.400. The maximum absolute atomic E-state index is 13.3. The number of aromatic nitrogens is 2. The SMILES string of the molecule is O=c1c2sc(-c3ccc(Cl)cc3)cc2ncn1-c1ccc(O[C@H]2C[C@H]3CC[C@@H](C2)N3CC2CCOC2)cc1. The molecule has 0 radical (unpaired) electrons. The highest BCUT2D eigenvalue weighted by atomic mass is 35.5. The van der Waals surface area contributed by atoms with Crippen LogP contribution in [0.15, 0.2) is 65.7 Å². The molecule has 0 aliphatic carbocycles. The fourth-order valence-corrected chi connectivity index (χ4v) is 7.55. The van der Waals surface area contributed by atoms with Gasteiger partial charge in [0.25, 0.3) is 5.56 Å². The zero-order valence-corrected chi connectivity index (χ0v) is 22.7. The van der Waals surface area contributed by atoms with Crippen LogP contribution in [0.2, 0.25) is 5.02 Å². The molecule has 3 aliphatic heterocycles. The summed E-state index contributed by atoms with van der Waals surface area (Å²) in [7, 11) is 0. The molecule has 2 bridgehead atoms. The van der Waals surface area contributed by atoms with Gasteiger partial charge in [-0.2, -0.15) is 0 Å². The summed E-state index contributed by atoms with van der Waals surface area (Å²) in [5.74, 6) is 1.55. The van der Waals surface area contributed by atoms with Gasteiger partial charge in [0.2, 0.25) is 0 Å². The summed E-state index contributed by atoms with van der Waals surface area (Å²) >= 11 is 7.49.